The first-order valence-corrected chi connectivity index (χ1v) is 25.7. The number of carbonyl (C=O) groups is 3. The summed E-state index contributed by atoms with van der Waals surface area (Å²) in [5.74, 6) is 0.122. The second-order valence-electron chi connectivity index (χ2n) is 18.4. The predicted molar refractivity (Wildman–Crippen MR) is 253 cm³/mol. The van der Waals surface area contributed by atoms with Crippen LogP contribution in [-0.2, 0) is 37.8 Å². The number of nitrogens with one attached hydrogen (secondary N) is 1. The highest BCUT2D eigenvalue weighted by Crippen LogP contribution is 2.61. The molecule has 2 N–H and O–H groups in total. The van der Waals surface area contributed by atoms with E-state index in [1.165, 1.54) is 0 Å². The Morgan fingerprint density at radius 2 is 1.48 bits per heavy atom. The predicted octanol–water partition coefficient (Wildman–Crippen LogP) is 6.80. The molecule has 9 rings (SSSR count). The quantitative estimate of drug-likeness (QED) is 0.124. The Hall–Kier alpha value is -5.79. The third kappa shape index (κ3) is 7.49. The Bertz CT molecular complexity index is 2470. The Morgan fingerprint density at radius 1 is 0.844 bits per heavy atom. The van der Waals surface area contributed by atoms with Gasteiger partial charge in [0.25, 0.3) is 11.8 Å². The van der Waals surface area contributed by atoms with Gasteiger partial charge in [0.05, 0.1) is 53.2 Å². The zero-order valence-corrected chi connectivity index (χ0v) is 38.3. The molecule has 11 nitrogen and oxygen atoms in total. The van der Waals surface area contributed by atoms with Gasteiger partial charge in [-0.3, -0.25) is 19.3 Å². The van der Waals surface area contributed by atoms with Crippen LogP contribution in [0, 0.1) is 5.92 Å². The Labute approximate surface area is 377 Å². The molecule has 4 aliphatic heterocycles. The summed E-state index contributed by atoms with van der Waals surface area (Å²) in [6.07, 6.45) is 0.746. The number of ether oxygens (including phenoxy) is 2. The summed E-state index contributed by atoms with van der Waals surface area (Å²) in [5, 5.41) is 14.8. The molecule has 332 valence electrons. The summed E-state index contributed by atoms with van der Waals surface area (Å²) in [4.78, 5) is 53.1. The molecule has 12 heteroatoms. The highest BCUT2D eigenvalue weighted by molar-refractivity contribution is 6.91. The second kappa shape index (κ2) is 17.6. The lowest BCUT2D eigenvalue weighted by atomic mass is 9.82. The van der Waals surface area contributed by atoms with Crippen LogP contribution in [0.25, 0.3) is 0 Å². The monoisotopic (exact) mass is 877 g/mol. The van der Waals surface area contributed by atoms with Gasteiger partial charge in [-0.1, -0.05) is 116 Å². The first kappa shape index (κ1) is 43.5. The van der Waals surface area contributed by atoms with Crippen molar-refractivity contribution in [2.24, 2.45) is 5.92 Å². The van der Waals surface area contributed by atoms with Crippen LogP contribution in [0.4, 0.5) is 17.1 Å². The van der Waals surface area contributed by atoms with Crippen LogP contribution in [0.15, 0.2) is 133 Å². The number of methoxy groups -OCH3 is 1. The molecule has 5 aromatic rings. The molecule has 0 aliphatic carbocycles. The topological polar surface area (TPSA) is 115 Å². The summed E-state index contributed by atoms with van der Waals surface area (Å²) >= 11 is 0. The number of anilines is 3. The number of amides is 3. The molecular weight excluding hydrogens is 819 g/mol. The number of aliphatic hydroxyl groups is 1. The van der Waals surface area contributed by atoms with Gasteiger partial charge in [-0.25, -0.2) is 0 Å². The minimum Gasteiger partial charge on any atom is -0.497 e. The van der Waals surface area contributed by atoms with Gasteiger partial charge in [-0.05, 0) is 85.1 Å². The SMILES string of the molecule is COc1ccc([Si](C)(C)[C@@H]2[C@@H](CC(=O)N(CCO)Cc3ccccc3)O[C@]3(C(=O)N(Cc4ccccc4)c4ccc(N5CN(c6ccccc6)C6(CCNCC6)C5=O)cc43)[C@H]2C)cc1. The van der Waals surface area contributed by atoms with Gasteiger partial charge >= 0.3 is 0 Å². The maximum absolute atomic E-state index is 15.8. The minimum absolute atomic E-state index is 0.0321. The van der Waals surface area contributed by atoms with Crippen LogP contribution >= 0.6 is 0 Å². The number of aliphatic hydroxyl groups excluding tert-OH is 1. The molecule has 3 fully saturated rings. The van der Waals surface area contributed by atoms with Crippen LogP contribution in [0.5, 0.6) is 5.75 Å². The molecule has 4 aliphatic rings. The summed E-state index contributed by atoms with van der Waals surface area (Å²) in [6, 6.07) is 44.1. The molecular formula is C52H59N5O6Si. The zero-order valence-electron chi connectivity index (χ0n) is 37.3. The number of nitrogens with zero attached hydrogens (tertiary/aromatic N) is 4. The average molecular weight is 878 g/mol. The van der Waals surface area contributed by atoms with Gasteiger partial charge in [0, 0.05) is 35.9 Å². The minimum atomic E-state index is -2.62. The van der Waals surface area contributed by atoms with Crippen molar-refractivity contribution in [3.05, 3.63) is 150 Å². The van der Waals surface area contributed by atoms with E-state index in [1.54, 1.807) is 12.0 Å². The Balaban J connectivity index is 1.16. The van der Waals surface area contributed by atoms with Crippen molar-refractivity contribution in [3.8, 4) is 5.75 Å². The van der Waals surface area contributed by atoms with Gasteiger partial charge < -0.3 is 34.6 Å². The molecule has 0 bridgehead atoms. The number of hydrogen-bond acceptors (Lipinski definition) is 8. The maximum Gasteiger partial charge on any atom is 0.264 e. The van der Waals surface area contributed by atoms with E-state index in [9.17, 15) is 9.90 Å². The number of piperidine rings is 1. The smallest absolute Gasteiger partial charge is 0.264 e. The Morgan fingerprint density at radius 3 is 2.12 bits per heavy atom. The normalized spacial score (nSPS) is 22.7. The third-order valence-electron chi connectivity index (χ3n) is 14.6. The molecule has 5 aromatic carbocycles. The fraction of sp³-hybridized carbons (Fsp3) is 0.365. The van der Waals surface area contributed by atoms with Crippen molar-refractivity contribution >= 4 is 48.0 Å². The number of rotatable bonds is 13. The Kier molecular flexibility index (Phi) is 12.0. The van der Waals surface area contributed by atoms with Crippen molar-refractivity contribution in [2.45, 2.75) is 75.2 Å². The van der Waals surface area contributed by atoms with Crippen molar-refractivity contribution in [1.82, 2.24) is 10.2 Å². The zero-order chi connectivity index (χ0) is 44.6. The van der Waals surface area contributed by atoms with Crippen LogP contribution in [0.2, 0.25) is 18.6 Å². The summed E-state index contributed by atoms with van der Waals surface area (Å²) in [5.41, 5.74) is 2.75. The molecule has 4 atom stereocenters. The average Bonchev–Trinajstić information content (AvgIpc) is 3.87. The molecule has 3 saturated heterocycles. The van der Waals surface area contributed by atoms with Crippen LogP contribution in [0.3, 0.4) is 0 Å². The lowest BCUT2D eigenvalue weighted by Crippen LogP contribution is -2.55. The van der Waals surface area contributed by atoms with Crippen molar-refractivity contribution in [2.75, 3.05) is 54.7 Å². The summed E-state index contributed by atoms with van der Waals surface area (Å²) in [7, 11) is -0.959. The van der Waals surface area contributed by atoms with E-state index in [-0.39, 0.29) is 48.8 Å². The highest BCUT2D eigenvalue weighted by Gasteiger charge is 2.67. The standard InChI is InChI=1S/C52H59N5O6Si/c1-37-48(64(3,4)43-23-21-42(62-2)22-24-43)46(33-47(59)54(30-31-58)34-38-14-8-5-9-15-38)63-52(37)44-32-41(20-25-45(44)55(50(52)61)35-39-16-10-6-11-17-39)56-36-57(40-18-12-7-13-19-40)51(49(56)60)26-28-53-29-27-51/h5-25,32,37,46,48,53,58H,26-31,33-36H2,1-4H3/t37-,46+,48-,52+/m0/s1. The van der Waals surface area contributed by atoms with E-state index in [2.05, 4.69) is 54.5 Å². The summed E-state index contributed by atoms with van der Waals surface area (Å²) < 4.78 is 13.0. The number of para-hydroxylation sites is 1. The maximum atomic E-state index is 15.8. The van der Waals surface area contributed by atoms with E-state index in [0.717, 1.165) is 52.1 Å². The lowest BCUT2D eigenvalue weighted by Gasteiger charge is -2.39. The molecule has 0 radical (unpaired) electrons. The first-order chi connectivity index (χ1) is 31.0. The van der Waals surface area contributed by atoms with Crippen molar-refractivity contribution in [1.29, 1.82) is 0 Å². The second-order valence-corrected chi connectivity index (χ2v) is 23.1. The van der Waals surface area contributed by atoms with Gasteiger partial charge in [-0.2, -0.15) is 0 Å². The number of hydrogen-bond donors (Lipinski definition) is 2. The van der Waals surface area contributed by atoms with E-state index >= 15 is 9.59 Å². The van der Waals surface area contributed by atoms with Gasteiger partial charge in [-0.15, -0.1) is 0 Å². The fourth-order valence-corrected chi connectivity index (χ4v) is 15.3. The highest BCUT2D eigenvalue weighted by atomic mass is 28.3. The van der Waals surface area contributed by atoms with Gasteiger partial charge in [0.2, 0.25) is 5.91 Å². The molecule has 2 spiro atoms. The molecule has 64 heavy (non-hydrogen) atoms. The van der Waals surface area contributed by atoms with Crippen LogP contribution in [0.1, 0.15) is 42.9 Å². The van der Waals surface area contributed by atoms with E-state index in [1.807, 2.05) is 119 Å². The first-order valence-electron chi connectivity index (χ1n) is 22.6. The van der Waals surface area contributed by atoms with Gasteiger partial charge in [0.1, 0.15) is 11.3 Å². The summed E-state index contributed by atoms with van der Waals surface area (Å²) in [6.45, 7) is 9.25. The van der Waals surface area contributed by atoms with Crippen molar-refractivity contribution in [3.63, 3.8) is 0 Å². The number of benzene rings is 5. The van der Waals surface area contributed by atoms with Crippen LogP contribution < -0.4 is 29.9 Å². The molecule has 4 heterocycles. The fourth-order valence-electron chi connectivity index (χ4n) is 11.3. The third-order valence-corrected chi connectivity index (χ3v) is 18.9. The largest absolute Gasteiger partial charge is 0.497 e. The number of fused-ring (bicyclic) bond motifs is 2. The lowest BCUT2D eigenvalue weighted by molar-refractivity contribution is -0.150. The van der Waals surface area contributed by atoms with E-state index in [0.29, 0.717) is 38.3 Å². The van der Waals surface area contributed by atoms with E-state index < -0.39 is 25.3 Å². The molecule has 0 unspecified atom stereocenters. The molecule has 0 saturated carbocycles. The number of carbonyl (C=O) groups excluding carboxylic acids is 3. The van der Waals surface area contributed by atoms with Gasteiger partial charge in [0.15, 0.2) is 5.60 Å². The van der Waals surface area contributed by atoms with Crippen LogP contribution in [-0.4, -0.2) is 87.5 Å². The van der Waals surface area contributed by atoms with Crippen molar-refractivity contribution < 1.29 is 29.0 Å². The molecule has 0 aromatic heterocycles. The van der Waals surface area contributed by atoms with E-state index in [4.69, 9.17) is 9.47 Å². The molecule has 3 amide bonds.